The van der Waals surface area contributed by atoms with Gasteiger partial charge in [-0.05, 0) is 56.9 Å². The van der Waals surface area contributed by atoms with Crippen molar-refractivity contribution >= 4 is 67.9 Å². The van der Waals surface area contributed by atoms with E-state index in [0.29, 0.717) is 15.6 Å². The summed E-state index contributed by atoms with van der Waals surface area (Å²) in [7, 11) is 0. The summed E-state index contributed by atoms with van der Waals surface area (Å²) in [5.41, 5.74) is 4.00. The third kappa shape index (κ3) is 3.70. The van der Waals surface area contributed by atoms with Crippen molar-refractivity contribution in [2.45, 2.75) is 0 Å². The van der Waals surface area contributed by atoms with Gasteiger partial charge in [0.1, 0.15) is 5.76 Å². The van der Waals surface area contributed by atoms with Crippen molar-refractivity contribution < 1.29 is 4.42 Å². The normalized spacial score (nSPS) is 11.8. The fraction of sp³-hybridized carbons (Fsp3) is 0. The van der Waals surface area contributed by atoms with Crippen molar-refractivity contribution in [3.05, 3.63) is 118 Å². The molecule has 0 saturated carbocycles. The Bertz CT molecular complexity index is 1620. The molecule has 0 radical (unpaired) electrons. The average molecular weight is 465 g/mol. The number of furan rings is 1. The van der Waals surface area contributed by atoms with E-state index in [-0.39, 0.29) is 0 Å². The molecule has 0 fully saturated rings. The Morgan fingerprint density at radius 1 is 0.606 bits per heavy atom. The number of benzene rings is 5. The molecule has 6 rings (SSSR count). The Balaban J connectivity index is 1.37. The zero-order chi connectivity index (χ0) is 22.4. The first-order chi connectivity index (χ1) is 16.2. The van der Waals surface area contributed by atoms with E-state index in [1.54, 1.807) is 6.07 Å². The van der Waals surface area contributed by atoms with Gasteiger partial charge in [-0.15, -0.1) is 0 Å². The van der Waals surface area contributed by atoms with E-state index in [1.807, 2.05) is 12.1 Å². The summed E-state index contributed by atoms with van der Waals surface area (Å²) in [5, 5.41) is 7.01. The van der Waals surface area contributed by atoms with Gasteiger partial charge in [-0.1, -0.05) is 108 Å². The molecule has 0 atom stereocenters. The predicted octanol–water partition coefficient (Wildman–Crippen LogP) is 9.88. The molecule has 5 aromatic carbocycles. The fourth-order valence-corrected chi connectivity index (χ4v) is 4.93. The van der Waals surface area contributed by atoms with Crippen molar-refractivity contribution in [1.82, 2.24) is 0 Å². The summed E-state index contributed by atoms with van der Waals surface area (Å²) >= 11 is 12.4. The van der Waals surface area contributed by atoms with Crippen LogP contribution in [0.4, 0.5) is 0 Å². The molecule has 1 nitrogen and oxygen atoms in total. The van der Waals surface area contributed by atoms with Crippen LogP contribution in [-0.2, 0) is 0 Å². The quantitative estimate of drug-likeness (QED) is 0.187. The van der Waals surface area contributed by atoms with Crippen LogP contribution in [0.3, 0.4) is 0 Å². The Hall–Kier alpha value is -3.52. The van der Waals surface area contributed by atoms with Gasteiger partial charge in [0.2, 0.25) is 0 Å². The highest BCUT2D eigenvalue weighted by Crippen LogP contribution is 2.35. The molecule has 0 aliphatic carbocycles. The number of hydrogen-bond acceptors (Lipinski definition) is 1. The highest BCUT2D eigenvalue weighted by molar-refractivity contribution is 6.38. The predicted molar refractivity (Wildman–Crippen MR) is 142 cm³/mol. The van der Waals surface area contributed by atoms with Crippen molar-refractivity contribution in [3.63, 3.8) is 0 Å². The fourth-order valence-electron chi connectivity index (χ4n) is 4.38. The molecular formula is C30H18Cl2O. The molecule has 0 unspecified atom stereocenters. The Kier molecular flexibility index (Phi) is 4.95. The van der Waals surface area contributed by atoms with E-state index >= 15 is 0 Å². The van der Waals surface area contributed by atoms with E-state index < -0.39 is 0 Å². The first kappa shape index (κ1) is 20.1. The van der Waals surface area contributed by atoms with Gasteiger partial charge in [-0.2, -0.15) is 0 Å². The zero-order valence-corrected chi connectivity index (χ0v) is 19.1. The maximum Gasteiger partial charge on any atom is 0.153 e. The van der Waals surface area contributed by atoms with Crippen molar-refractivity contribution in [1.29, 1.82) is 0 Å². The Morgan fingerprint density at radius 3 is 1.97 bits per heavy atom. The highest BCUT2D eigenvalue weighted by Gasteiger charge is 2.10. The smallest absolute Gasteiger partial charge is 0.153 e. The zero-order valence-electron chi connectivity index (χ0n) is 17.6. The summed E-state index contributed by atoms with van der Waals surface area (Å²) in [6, 6.07) is 33.2. The summed E-state index contributed by atoms with van der Waals surface area (Å²) < 4.78 is 6.00. The third-order valence-corrected chi connectivity index (χ3v) is 6.49. The lowest BCUT2D eigenvalue weighted by molar-refractivity contribution is 0.631. The average Bonchev–Trinajstić information content (AvgIpc) is 3.26. The third-order valence-electron chi connectivity index (χ3n) is 5.99. The number of fused-ring (bicyclic) bond motifs is 3. The second-order valence-electron chi connectivity index (χ2n) is 8.10. The molecule has 0 spiro atoms. The summed E-state index contributed by atoms with van der Waals surface area (Å²) in [5.74, 6) is 0.768. The molecule has 3 heteroatoms. The molecule has 158 valence electrons. The molecular weight excluding hydrogens is 447 g/mol. The van der Waals surface area contributed by atoms with Gasteiger partial charge in [-0.3, -0.25) is 0 Å². The summed E-state index contributed by atoms with van der Waals surface area (Å²) in [6.45, 7) is 0. The van der Waals surface area contributed by atoms with Crippen LogP contribution < -0.4 is 0 Å². The standard InChI is InChI=1S/C30H18Cl2O/c31-24-16-23-17-29(33-30(23)28(32)18-24)20-12-9-19(10-13-20)11-14-27-25-7-3-1-5-21(25)15-22-6-2-4-8-26(22)27/h1-18H/b14-11+. The van der Waals surface area contributed by atoms with Crippen LogP contribution in [0, 0.1) is 0 Å². The van der Waals surface area contributed by atoms with E-state index in [2.05, 4.69) is 91.0 Å². The van der Waals surface area contributed by atoms with Gasteiger partial charge in [0.25, 0.3) is 0 Å². The maximum atomic E-state index is 6.28. The molecule has 6 aromatic rings. The lowest BCUT2D eigenvalue weighted by Gasteiger charge is -2.08. The van der Waals surface area contributed by atoms with E-state index in [1.165, 1.54) is 27.1 Å². The van der Waals surface area contributed by atoms with E-state index in [9.17, 15) is 0 Å². The minimum absolute atomic E-state index is 0.519. The van der Waals surface area contributed by atoms with Crippen LogP contribution in [0.25, 0.3) is 56.0 Å². The minimum atomic E-state index is 0.519. The van der Waals surface area contributed by atoms with E-state index in [0.717, 1.165) is 22.3 Å². The van der Waals surface area contributed by atoms with Gasteiger partial charge < -0.3 is 4.42 Å². The maximum absolute atomic E-state index is 6.28. The van der Waals surface area contributed by atoms with Crippen molar-refractivity contribution in [3.8, 4) is 11.3 Å². The van der Waals surface area contributed by atoms with Gasteiger partial charge >= 0.3 is 0 Å². The van der Waals surface area contributed by atoms with Gasteiger partial charge in [0.05, 0.1) is 5.02 Å². The summed E-state index contributed by atoms with van der Waals surface area (Å²) in [4.78, 5) is 0. The second-order valence-corrected chi connectivity index (χ2v) is 8.95. The van der Waals surface area contributed by atoms with Crippen molar-refractivity contribution in [2.75, 3.05) is 0 Å². The first-order valence-corrected chi connectivity index (χ1v) is 11.5. The van der Waals surface area contributed by atoms with Crippen LogP contribution >= 0.6 is 23.2 Å². The molecule has 0 saturated heterocycles. The monoisotopic (exact) mass is 464 g/mol. The van der Waals surface area contributed by atoms with Crippen LogP contribution in [0.5, 0.6) is 0 Å². The molecule has 0 N–H and O–H groups in total. The summed E-state index contributed by atoms with van der Waals surface area (Å²) in [6.07, 6.45) is 4.37. The lowest BCUT2D eigenvalue weighted by atomic mass is 9.96. The number of halogens is 2. The molecule has 0 aliphatic rings. The minimum Gasteiger partial charge on any atom is -0.455 e. The SMILES string of the molecule is Clc1cc(Cl)c2oc(-c3ccc(/C=C/c4c5ccccc5cc5ccccc45)cc3)cc2c1. The van der Waals surface area contributed by atoms with Gasteiger partial charge in [0, 0.05) is 16.0 Å². The largest absolute Gasteiger partial charge is 0.455 e. The first-order valence-electron chi connectivity index (χ1n) is 10.7. The van der Waals surface area contributed by atoms with Crippen molar-refractivity contribution in [2.24, 2.45) is 0 Å². The van der Waals surface area contributed by atoms with Gasteiger partial charge in [-0.25, -0.2) is 0 Å². The lowest BCUT2D eigenvalue weighted by Crippen LogP contribution is -1.83. The highest BCUT2D eigenvalue weighted by atomic mass is 35.5. The molecule has 0 amide bonds. The van der Waals surface area contributed by atoms with Crippen LogP contribution in [-0.4, -0.2) is 0 Å². The van der Waals surface area contributed by atoms with E-state index in [4.69, 9.17) is 27.6 Å². The molecule has 1 heterocycles. The van der Waals surface area contributed by atoms with Crippen LogP contribution in [0.1, 0.15) is 11.1 Å². The molecule has 0 bridgehead atoms. The molecule has 1 aromatic heterocycles. The molecule has 33 heavy (non-hydrogen) atoms. The van der Waals surface area contributed by atoms with Gasteiger partial charge in [0.15, 0.2) is 5.58 Å². The number of rotatable bonds is 3. The molecule has 0 aliphatic heterocycles. The topological polar surface area (TPSA) is 13.1 Å². The Labute approximate surface area is 201 Å². The number of hydrogen-bond donors (Lipinski definition) is 0. The Morgan fingerprint density at radius 2 is 1.27 bits per heavy atom. The second kappa shape index (κ2) is 8.12. The van der Waals surface area contributed by atoms with Crippen LogP contribution in [0.2, 0.25) is 10.0 Å². The van der Waals surface area contributed by atoms with Crippen LogP contribution in [0.15, 0.2) is 101 Å².